The van der Waals surface area contributed by atoms with E-state index < -0.39 is 5.60 Å². The van der Waals surface area contributed by atoms with Crippen molar-refractivity contribution >= 4 is 23.7 Å². The van der Waals surface area contributed by atoms with Gasteiger partial charge < -0.3 is 15.0 Å². The lowest BCUT2D eigenvalue weighted by Gasteiger charge is -2.41. The second-order valence-corrected chi connectivity index (χ2v) is 9.45. The molecule has 1 aromatic heterocycles. The van der Waals surface area contributed by atoms with E-state index in [9.17, 15) is 9.59 Å². The summed E-state index contributed by atoms with van der Waals surface area (Å²) < 4.78 is 7.66. The minimum absolute atomic E-state index is 0.144. The van der Waals surface area contributed by atoms with Crippen molar-refractivity contribution < 1.29 is 18.8 Å². The van der Waals surface area contributed by atoms with Gasteiger partial charge in [-0.25, -0.2) is 19.1 Å². The lowest BCUT2D eigenvalue weighted by atomic mass is 10.2. The van der Waals surface area contributed by atoms with Gasteiger partial charge in [0, 0.05) is 29.9 Å². The summed E-state index contributed by atoms with van der Waals surface area (Å²) >= 11 is 5.97. The zero-order valence-corrected chi connectivity index (χ0v) is 19.1. The quantitative estimate of drug-likeness (QED) is 0.710. The van der Waals surface area contributed by atoms with Crippen molar-refractivity contribution in [3.05, 3.63) is 53.1 Å². The number of carbonyl (C=O) groups excluding carboxylic acids is 2. The lowest BCUT2D eigenvalue weighted by molar-refractivity contribution is -0.853. The lowest BCUT2D eigenvalue weighted by Crippen LogP contribution is -2.65. The van der Waals surface area contributed by atoms with Crippen LogP contribution in [0, 0.1) is 0 Å². The van der Waals surface area contributed by atoms with Crippen molar-refractivity contribution in [3.8, 4) is 0 Å². The van der Waals surface area contributed by atoms with Crippen LogP contribution in [0.1, 0.15) is 32.0 Å². The van der Waals surface area contributed by atoms with Gasteiger partial charge in [0.1, 0.15) is 18.7 Å². The van der Waals surface area contributed by atoms with Gasteiger partial charge in [-0.05, 0) is 38.5 Å². The van der Waals surface area contributed by atoms with E-state index in [1.54, 1.807) is 11.2 Å². The third kappa shape index (κ3) is 5.98. The van der Waals surface area contributed by atoms with Gasteiger partial charge in [-0.2, -0.15) is 0 Å². The maximum absolute atomic E-state index is 12.4. The fourth-order valence-electron chi connectivity index (χ4n) is 3.72. The van der Waals surface area contributed by atoms with E-state index in [1.807, 2.05) is 51.2 Å². The monoisotopic (exact) mass is 448 g/mol. The Bertz CT molecular complexity index is 912. The van der Waals surface area contributed by atoms with Crippen LogP contribution in [0.25, 0.3) is 0 Å². The second kappa shape index (κ2) is 9.28. The number of piperazine rings is 1. The molecule has 0 radical (unpaired) electrons. The predicted molar refractivity (Wildman–Crippen MR) is 119 cm³/mol. The van der Waals surface area contributed by atoms with Crippen molar-refractivity contribution in [2.75, 3.05) is 32.7 Å². The largest absolute Gasteiger partial charge is 0.444 e. The van der Waals surface area contributed by atoms with Gasteiger partial charge in [-0.3, -0.25) is 4.90 Å². The second-order valence-electron chi connectivity index (χ2n) is 9.01. The molecule has 0 saturated carbocycles. The molecular weight excluding hydrogens is 418 g/mol. The summed E-state index contributed by atoms with van der Waals surface area (Å²) in [6.45, 7) is 8.56. The van der Waals surface area contributed by atoms with Crippen LogP contribution in [0.15, 0.2) is 36.8 Å². The number of quaternary nitrogens is 1. The predicted octanol–water partition coefficient (Wildman–Crippen LogP) is 3.27. The van der Waals surface area contributed by atoms with Crippen molar-refractivity contribution in [1.82, 2.24) is 14.5 Å². The Morgan fingerprint density at radius 2 is 1.84 bits per heavy atom. The number of nitrogens with two attached hydrogens (primary N) is 1. The van der Waals surface area contributed by atoms with E-state index in [1.165, 1.54) is 0 Å². The standard InChI is InChI=1S/C22H30ClN5O3/c1-22(2,3)31-21(30)26-9-12-28(13-10-26,20(24)29)11-8-19-14-25-16-27(19)15-17-4-6-18(23)7-5-17/h4-7,14,16H,8-13,15H2,1-3H3,(H-,24,29)/p+1. The Hall–Kier alpha value is -2.58. The molecule has 3 rings (SSSR count). The highest BCUT2D eigenvalue weighted by Gasteiger charge is 2.40. The van der Waals surface area contributed by atoms with E-state index in [0.717, 1.165) is 11.3 Å². The molecule has 0 spiro atoms. The summed E-state index contributed by atoms with van der Waals surface area (Å²) in [4.78, 5) is 30.6. The Balaban J connectivity index is 1.62. The molecule has 168 valence electrons. The smallest absolute Gasteiger partial charge is 0.414 e. The zero-order chi connectivity index (χ0) is 22.6. The first-order valence-electron chi connectivity index (χ1n) is 10.5. The van der Waals surface area contributed by atoms with Crippen molar-refractivity contribution in [2.45, 2.75) is 39.3 Å². The molecular formula is C22H31ClN5O3+. The van der Waals surface area contributed by atoms with Crippen LogP contribution in [0.4, 0.5) is 9.59 Å². The SMILES string of the molecule is CC(C)(C)OC(=O)N1CC[N+](CCc2cncn2Cc2ccc(Cl)cc2)(C(N)=O)CC1. The molecule has 31 heavy (non-hydrogen) atoms. The number of rotatable bonds is 5. The number of primary amides is 1. The number of imidazole rings is 1. The van der Waals surface area contributed by atoms with Crippen molar-refractivity contribution in [1.29, 1.82) is 0 Å². The number of hydrogen-bond acceptors (Lipinski definition) is 4. The average Bonchev–Trinajstić information content (AvgIpc) is 3.14. The number of halogens is 1. The molecule has 3 amide bonds. The number of benzene rings is 1. The molecule has 1 aliphatic heterocycles. The molecule has 0 bridgehead atoms. The Morgan fingerprint density at radius 1 is 1.19 bits per heavy atom. The molecule has 2 N–H and O–H groups in total. The van der Waals surface area contributed by atoms with E-state index >= 15 is 0 Å². The minimum atomic E-state index is -0.549. The van der Waals surface area contributed by atoms with Crippen LogP contribution in [0.3, 0.4) is 0 Å². The molecule has 0 unspecified atom stereocenters. The first-order chi connectivity index (χ1) is 14.6. The summed E-state index contributed by atoms with van der Waals surface area (Å²) in [5.74, 6) is 0. The number of urea groups is 1. The van der Waals surface area contributed by atoms with E-state index in [0.29, 0.717) is 50.7 Å². The number of nitrogens with zero attached hydrogens (tertiary/aromatic N) is 4. The van der Waals surface area contributed by atoms with E-state index in [2.05, 4.69) is 9.55 Å². The van der Waals surface area contributed by atoms with Crippen LogP contribution in [-0.4, -0.2) is 69.4 Å². The van der Waals surface area contributed by atoms with Gasteiger partial charge in [0.15, 0.2) is 0 Å². The van der Waals surface area contributed by atoms with Gasteiger partial charge in [0.25, 0.3) is 0 Å². The molecule has 1 aromatic carbocycles. The van der Waals surface area contributed by atoms with Crippen LogP contribution in [-0.2, 0) is 17.7 Å². The van der Waals surface area contributed by atoms with Crippen LogP contribution < -0.4 is 5.73 Å². The number of amides is 3. The topological polar surface area (TPSA) is 90.4 Å². The summed E-state index contributed by atoms with van der Waals surface area (Å²) in [5.41, 5.74) is 7.41. The van der Waals surface area contributed by atoms with Crippen LogP contribution in [0.2, 0.25) is 5.02 Å². The first kappa shape index (κ1) is 23.1. The molecule has 9 heteroatoms. The molecule has 2 heterocycles. The molecule has 1 fully saturated rings. The molecule has 8 nitrogen and oxygen atoms in total. The molecule has 1 aliphatic rings. The van der Waals surface area contributed by atoms with Crippen molar-refractivity contribution in [3.63, 3.8) is 0 Å². The number of ether oxygens (including phenoxy) is 1. The summed E-state index contributed by atoms with van der Waals surface area (Å²) in [5, 5.41) is 0.702. The summed E-state index contributed by atoms with van der Waals surface area (Å²) in [7, 11) is 0. The highest BCUT2D eigenvalue weighted by Crippen LogP contribution is 2.19. The number of carbonyl (C=O) groups is 2. The normalized spacial score (nSPS) is 16.2. The van der Waals surface area contributed by atoms with Gasteiger partial charge in [-0.15, -0.1) is 0 Å². The first-order valence-corrected chi connectivity index (χ1v) is 10.8. The number of hydrogen-bond donors (Lipinski definition) is 1. The van der Waals surface area contributed by atoms with E-state index in [4.69, 9.17) is 22.1 Å². The Kier molecular flexibility index (Phi) is 6.91. The summed E-state index contributed by atoms with van der Waals surface area (Å²) in [6.07, 6.45) is 3.92. The average molecular weight is 449 g/mol. The highest BCUT2D eigenvalue weighted by molar-refractivity contribution is 6.30. The fraction of sp³-hybridized carbons (Fsp3) is 0.500. The van der Waals surface area contributed by atoms with Crippen LogP contribution >= 0.6 is 11.6 Å². The van der Waals surface area contributed by atoms with Gasteiger partial charge in [0.05, 0.1) is 26.0 Å². The maximum Gasteiger partial charge on any atom is 0.414 e. The maximum atomic E-state index is 12.4. The van der Waals surface area contributed by atoms with E-state index in [-0.39, 0.29) is 16.6 Å². The van der Waals surface area contributed by atoms with Gasteiger partial charge >= 0.3 is 12.1 Å². The Labute approximate surface area is 188 Å². The summed E-state index contributed by atoms with van der Waals surface area (Å²) in [6, 6.07) is 7.34. The Morgan fingerprint density at radius 3 is 2.42 bits per heavy atom. The van der Waals surface area contributed by atoms with Crippen LogP contribution in [0.5, 0.6) is 0 Å². The number of aromatic nitrogens is 2. The van der Waals surface area contributed by atoms with Crippen molar-refractivity contribution in [2.24, 2.45) is 5.73 Å². The molecule has 0 aliphatic carbocycles. The third-order valence-electron chi connectivity index (χ3n) is 5.58. The van der Waals surface area contributed by atoms with Gasteiger partial charge in [0.2, 0.25) is 0 Å². The zero-order valence-electron chi connectivity index (χ0n) is 18.4. The molecule has 2 aromatic rings. The molecule has 1 saturated heterocycles. The third-order valence-corrected chi connectivity index (χ3v) is 5.83. The highest BCUT2D eigenvalue weighted by atomic mass is 35.5. The minimum Gasteiger partial charge on any atom is -0.444 e. The van der Waals surface area contributed by atoms with Gasteiger partial charge in [-0.1, -0.05) is 23.7 Å². The fourth-order valence-corrected chi connectivity index (χ4v) is 3.85. The molecule has 0 atom stereocenters.